The zero-order valence-corrected chi connectivity index (χ0v) is 20.0. The summed E-state index contributed by atoms with van der Waals surface area (Å²) in [7, 11) is -4.38. The molecule has 0 aliphatic rings. The van der Waals surface area contributed by atoms with Crippen molar-refractivity contribution in [1.82, 2.24) is 0 Å². The lowest BCUT2D eigenvalue weighted by Crippen LogP contribution is -2.47. The van der Waals surface area contributed by atoms with Crippen molar-refractivity contribution in [3.8, 4) is 0 Å². The third kappa shape index (κ3) is 7.84. The van der Waals surface area contributed by atoms with E-state index in [2.05, 4.69) is 20.8 Å². The van der Waals surface area contributed by atoms with Crippen LogP contribution in [0, 0.1) is 16.2 Å². The lowest BCUT2D eigenvalue weighted by atomic mass is 9.61. The highest BCUT2D eigenvalue weighted by atomic mass is 31.2. The predicted molar refractivity (Wildman–Crippen MR) is 108 cm³/mol. The second-order valence-electron chi connectivity index (χ2n) is 11.1. The summed E-state index contributed by atoms with van der Waals surface area (Å²) in [5.74, 6) is -0.260. The molecule has 162 valence electrons. The van der Waals surface area contributed by atoms with Crippen LogP contribution in [0.4, 0.5) is 0 Å². The Labute approximate surface area is 165 Å². The SMILES string of the molecule is CC(C)(C)CC(C)(C(=O)OC(C)(C)CCOC(C)(C)P(=O)(O)O)C(C)(C)C. The Balaban J connectivity index is 5.19. The van der Waals surface area contributed by atoms with Crippen LogP contribution in [0.5, 0.6) is 0 Å². The van der Waals surface area contributed by atoms with Gasteiger partial charge in [0.2, 0.25) is 0 Å². The molecular formula is C20H41O6P. The Morgan fingerprint density at radius 1 is 0.889 bits per heavy atom. The molecule has 0 saturated carbocycles. The molecule has 0 radical (unpaired) electrons. The van der Waals surface area contributed by atoms with E-state index in [0.29, 0.717) is 12.8 Å². The summed E-state index contributed by atoms with van der Waals surface area (Å²) in [5, 5.41) is -1.57. The van der Waals surface area contributed by atoms with Crippen LogP contribution in [-0.4, -0.2) is 33.3 Å². The highest BCUT2D eigenvalue weighted by molar-refractivity contribution is 7.53. The van der Waals surface area contributed by atoms with Gasteiger partial charge in [0.15, 0.2) is 5.34 Å². The van der Waals surface area contributed by atoms with Gasteiger partial charge in [-0.25, -0.2) is 0 Å². The van der Waals surface area contributed by atoms with Gasteiger partial charge in [-0.1, -0.05) is 41.5 Å². The monoisotopic (exact) mass is 408 g/mol. The van der Waals surface area contributed by atoms with Gasteiger partial charge >= 0.3 is 13.6 Å². The summed E-state index contributed by atoms with van der Waals surface area (Å²) in [4.78, 5) is 31.8. The first-order valence-electron chi connectivity index (χ1n) is 9.47. The normalized spacial score (nSPS) is 16.8. The average Bonchev–Trinajstić information content (AvgIpc) is 2.32. The van der Waals surface area contributed by atoms with E-state index in [1.165, 1.54) is 13.8 Å². The summed E-state index contributed by atoms with van der Waals surface area (Å²) < 4.78 is 22.7. The molecule has 0 heterocycles. The fourth-order valence-corrected chi connectivity index (χ4v) is 3.01. The van der Waals surface area contributed by atoms with Gasteiger partial charge in [0.05, 0.1) is 12.0 Å². The summed E-state index contributed by atoms with van der Waals surface area (Å²) in [5.41, 5.74) is -1.81. The van der Waals surface area contributed by atoms with E-state index in [0.717, 1.165) is 0 Å². The molecule has 0 fully saturated rings. The van der Waals surface area contributed by atoms with Crippen LogP contribution >= 0.6 is 7.60 Å². The first kappa shape index (κ1) is 26.6. The van der Waals surface area contributed by atoms with Crippen LogP contribution in [0.2, 0.25) is 0 Å². The fraction of sp³-hybridized carbons (Fsp3) is 0.950. The van der Waals surface area contributed by atoms with Crippen LogP contribution in [0.15, 0.2) is 0 Å². The Morgan fingerprint density at radius 3 is 1.67 bits per heavy atom. The topological polar surface area (TPSA) is 93.1 Å². The van der Waals surface area contributed by atoms with Crippen LogP contribution in [0.1, 0.15) is 89.0 Å². The minimum absolute atomic E-state index is 0.0399. The van der Waals surface area contributed by atoms with Crippen molar-refractivity contribution >= 4 is 13.6 Å². The molecular weight excluding hydrogens is 367 g/mol. The van der Waals surface area contributed by atoms with Crippen LogP contribution < -0.4 is 0 Å². The van der Waals surface area contributed by atoms with Gasteiger partial charge in [0.1, 0.15) is 5.60 Å². The van der Waals surface area contributed by atoms with E-state index in [1.807, 2.05) is 27.7 Å². The van der Waals surface area contributed by atoms with Crippen LogP contribution in [0.3, 0.4) is 0 Å². The van der Waals surface area contributed by atoms with Crippen molar-refractivity contribution in [2.75, 3.05) is 6.61 Å². The maximum absolute atomic E-state index is 13.1. The molecule has 0 rings (SSSR count). The van der Waals surface area contributed by atoms with Crippen molar-refractivity contribution < 1.29 is 28.6 Å². The second kappa shape index (κ2) is 8.14. The molecule has 0 saturated heterocycles. The highest BCUT2D eigenvalue weighted by Gasteiger charge is 2.49. The summed E-state index contributed by atoms with van der Waals surface area (Å²) >= 11 is 0. The van der Waals surface area contributed by atoms with Gasteiger partial charge in [-0.2, -0.15) is 0 Å². The number of ether oxygens (including phenoxy) is 2. The maximum atomic E-state index is 13.1. The molecule has 0 aromatic carbocycles. The lowest BCUT2D eigenvalue weighted by Gasteiger charge is -2.45. The maximum Gasteiger partial charge on any atom is 0.356 e. The van der Waals surface area contributed by atoms with Gasteiger partial charge in [-0.3, -0.25) is 9.36 Å². The molecule has 2 N–H and O–H groups in total. The van der Waals surface area contributed by atoms with Gasteiger partial charge in [0.25, 0.3) is 0 Å². The Hall–Kier alpha value is -0.420. The number of rotatable bonds is 8. The number of hydrogen-bond donors (Lipinski definition) is 2. The molecule has 1 unspecified atom stereocenters. The minimum Gasteiger partial charge on any atom is -0.459 e. The summed E-state index contributed by atoms with van der Waals surface area (Å²) in [6.45, 7) is 20.7. The third-order valence-electron chi connectivity index (χ3n) is 5.22. The van der Waals surface area contributed by atoms with E-state index in [4.69, 9.17) is 9.47 Å². The Bertz CT molecular complexity index is 562. The van der Waals surface area contributed by atoms with Gasteiger partial charge in [-0.05, 0) is 51.9 Å². The summed E-state index contributed by atoms with van der Waals surface area (Å²) in [6, 6.07) is 0. The fourth-order valence-electron chi connectivity index (χ4n) is 2.75. The number of carbonyl (C=O) groups excluding carboxylic acids is 1. The predicted octanol–water partition coefficient (Wildman–Crippen LogP) is 5.12. The van der Waals surface area contributed by atoms with Crippen molar-refractivity contribution in [2.45, 2.75) is 99.9 Å². The van der Waals surface area contributed by atoms with Gasteiger partial charge in [0, 0.05) is 6.42 Å². The largest absolute Gasteiger partial charge is 0.459 e. The van der Waals surface area contributed by atoms with Crippen LogP contribution in [0.25, 0.3) is 0 Å². The van der Waals surface area contributed by atoms with E-state index in [1.54, 1.807) is 13.8 Å². The van der Waals surface area contributed by atoms with Crippen molar-refractivity contribution in [3.05, 3.63) is 0 Å². The molecule has 7 heteroatoms. The molecule has 0 amide bonds. The molecule has 6 nitrogen and oxygen atoms in total. The van der Waals surface area contributed by atoms with Gasteiger partial charge in [-0.15, -0.1) is 0 Å². The number of hydrogen-bond acceptors (Lipinski definition) is 4. The molecule has 0 bridgehead atoms. The quantitative estimate of drug-likeness (QED) is 0.428. The smallest absolute Gasteiger partial charge is 0.356 e. The van der Waals surface area contributed by atoms with E-state index in [-0.39, 0.29) is 23.4 Å². The number of esters is 1. The summed E-state index contributed by atoms with van der Waals surface area (Å²) in [6.07, 6.45) is 1.01. The number of carbonyl (C=O) groups is 1. The second-order valence-corrected chi connectivity index (χ2v) is 13.2. The first-order chi connectivity index (χ1) is 11.5. The van der Waals surface area contributed by atoms with Crippen LogP contribution in [-0.2, 0) is 18.8 Å². The Morgan fingerprint density at radius 2 is 1.33 bits per heavy atom. The van der Waals surface area contributed by atoms with Crippen molar-refractivity contribution in [3.63, 3.8) is 0 Å². The third-order valence-corrected chi connectivity index (χ3v) is 6.75. The molecule has 0 aromatic rings. The zero-order valence-electron chi connectivity index (χ0n) is 19.1. The minimum atomic E-state index is -4.38. The molecule has 0 spiro atoms. The highest BCUT2D eigenvalue weighted by Crippen LogP contribution is 2.51. The van der Waals surface area contributed by atoms with Crippen molar-refractivity contribution in [2.24, 2.45) is 16.2 Å². The molecule has 1 atom stereocenters. The standard InChI is InChI=1S/C20H41O6P/c1-16(2,3)14-20(11,17(4,5)6)15(21)26-18(7,8)12-13-25-19(9,10)27(22,23)24/h12-14H2,1-11H3,(H2,22,23,24). The molecule has 0 aliphatic heterocycles. The molecule has 0 aliphatic carbocycles. The average molecular weight is 409 g/mol. The molecule has 0 aromatic heterocycles. The molecule has 27 heavy (non-hydrogen) atoms. The van der Waals surface area contributed by atoms with E-state index < -0.39 is 24.0 Å². The zero-order chi connectivity index (χ0) is 22.1. The Kier molecular flexibility index (Phi) is 8.01. The first-order valence-corrected chi connectivity index (χ1v) is 11.1. The van der Waals surface area contributed by atoms with Crippen molar-refractivity contribution in [1.29, 1.82) is 0 Å². The van der Waals surface area contributed by atoms with E-state index >= 15 is 0 Å². The lowest BCUT2D eigenvalue weighted by molar-refractivity contribution is -0.180. The van der Waals surface area contributed by atoms with Gasteiger partial charge < -0.3 is 19.3 Å². The van der Waals surface area contributed by atoms with E-state index in [9.17, 15) is 19.1 Å².